The first-order valence-electron chi connectivity index (χ1n) is 7.20. The molecule has 0 aliphatic heterocycles. The summed E-state index contributed by atoms with van der Waals surface area (Å²) in [5, 5.41) is 12.9. The Morgan fingerprint density at radius 3 is 2.12 bits per heavy atom. The molecule has 0 saturated carbocycles. The van der Waals surface area contributed by atoms with E-state index < -0.39 is 0 Å². The molecule has 0 aromatic heterocycles. The molecule has 0 fully saturated rings. The summed E-state index contributed by atoms with van der Waals surface area (Å²) in [5.41, 5.74) is 0. The highest BCUT2D eigenvalue weighted by molar-refractivity contribution is 4.59. The van der Waals surface area contributed by atoms with Gasteiger partial charge in [0, 0.05) is 6.54 Å². The molecule has 0 radical (unpaired) electrons. The van der Waals surface area contributed by atoms with Crippen LogP contribution in [0.3, 0.4) is 0 Å². The van der Waals surface area contributed by atoms with Crippen LogP contribution in [0.25, 0.3) is 0 Å². The Labute approximate surface area is 102 Å². The summed E-state index contributed by atoms with van der Waals surface area (Å²) >= 11 is 0. The summed E-state index contributed by atoms with van der Waals surface area (Å²) in [5.74, 6) is 0. The molecule has 2 nitrogen and oxygen atoms in total. The highest BCUT2D eigenvalue weighted by Crippen LogP contribution is 2.09. The Morgan fingerprint density at radius 1 is 0.875 bits per heavy atom. The van der Waals surface area contributed by atoms with Gasteiger partial charge in [-0.05, 0) is 19.4 Å². The first-order chi connectivity index (χ1) is 7.81. The van der Waals surface area contributed by atoms with Crippen molar-refractivity contribution in [3.63, 3.8) is 0 Å². The molecule has 1 atom stereocenters. The Hall–Kier alpha value is -0.0800. The minimum absolute atomic E-state index is 0.137. The molecule has 2 heteroatoms. The maximum Gasteiger partial charge on any atom is 0.0664 e. The van der Waals surface area contributed by atoms with E-state index in [-0.39, 0.29) is 6.10 Å². The summed E-state index contributed by atoms with van der Waals surface area (Å²) in [6.07, 6.45) is 11.2. The van der Waals surface area contributed by atoms with Gasteiger partial charge in [-0.3, -0.25) is 0 Å². The van der Waals surface area contributed by atoms with Crippen molar-refractivity contribution in [1.29, 1.82) is 0 Å². The van der Waals surface area contributed by atoms with Gasteiger partial charge >= 0.3 is 0 Å². The third-order valence-corrected chi connectivity index (χ3v) is 2.95. The first kappa shape index (κ1) is 15.9. The molecule has 0 spiro atoms. The molecule has 1 unspecified atom stereocenters. The second kappa shape index (κ2) is 13.0. The zero-order chi connectivity index (χ0) is 12.1. The van der Waals surface area contributed by atoms with E-state index in [0.29, 0.717) is 0 Å². The molecule has 0 aliphatic rings. The van der Waals surface area contributed by atoms with Gasteiger partial charge in [0.25, 0.3) is 0 Å². The smallest absolute Gasteiger partial charge is 0.0664 e. The van der Waals surface area contributed by atoms with Crippen molar-refractivity contribution in [2.45, 2.75) is 77.7 Å². The normalized spacial score (nSPS) is 12.9. The number of aliphatic hydroxyl groups is 1. The third kappa shape index (κ3) is 12.0. The molecule has 98 valence electrons. The van der Waals surface area contributed by atoms with E-state index >= 15 is 0 Å². The van der Waals surface area contributed by atoms with E-state index in [4.69, 9.17) is 0 Å². The van der Waals surface area contributed by atoms with Crippen LogP contribution in [0.1, 0.15) is 71.6 Å². The molecule has 2 N–H and O–H groups in total. The predicted octanol–water partition coefficient (Wildman–Crippen LogP) is 3.49. The van der Waals surface area contributed by atoms with Gasteiger partial charge in [-0.1, -0.05) is 58.8 Å². The molecule has 0 aromatic carbocycles. The minimum atomic E-state index is -0.137. The average Bonchev–Trinajstić information content (AvgIpc) is 2.28. The van der Waals surface area contributed by atoms with Crippen LogP contribution >= 0.6 is 0 Å². The third-order valence-electron chi connectivity index (χ3n) is 2.95. The van der Waals surface area contributed by atoms with Crippen LogP contribution in [-0.2, 0) is 0 Å². The van der Waals surface area contributed by atoms with Crippen LogP contribution in [0, 0.1) is 0 Å². The Balaban J connectivity index is 3.06. The van der Waals surface area contributed by atoms with E-state index in [1.54, 1.807) is 0 Å². The van der Waals surface area contributed by atoms with Crippen molar-refractivity contribution in [3.8, 4) is 0 Å². The van der Waals surface area contributed by atoms with E-state index in [9.17, 15) is 5.11 Å². The summed E-state index contributed by atoms with van der Waals surface area (Å²) in [6, 6.07) is 0. The fourth-order valence-electron chi connectivity index (χ4n) is 1.88. The lowest BCUT2D eigenvalue weighted by atomic mass is 10.1. The molecule has 0 aliphatic carbocycles. The quantitative estimate of drug-likeness (QED) is 0.502. The zero-order valence-electron chi connectivity index (χ0n) is 11.3. The zero-order valence-corrected chi connectivity index (χ0v) is 11.3. The minimum Gasteiger partial charge on any atom is -0.392 e. The lowest BCUT2D eigenvalue weighted by Crippen LogP contribution is -2.27. The fourth-order valence-corrected chi connectivity index (χ4v) is 1.88. The van der Waals surface area contributed by atoms with Crippen molar-refractivity contribution < 1.29 is 5.11 Å². The van der Waals surface area contributed by atoms with Crippen molar-refractivity contribution in [2.75, 3.05) is 13.1 Å². The Morgan fingerprint density at radius 2 is 1.50 bits per heavy atom. The van der Waals surface area contributed by atoms with Crippen LogP contribution in [0.4, 0.5) is 0 Å². The van der Waals surface area contributed by atoms with Gasteiger partial charge in [0.05, 0.1) is 6.10 Å². The fraction of sp³-hybridized carbons (Fsp3) is 1.00. The number of nitrogens with one attached hydrogen (secondary N) is 1. The van der Waals surface area contributed by atoms with Gasteiger partial charge in [-0.15, -0.1) is 0 Å². The molecule has 0 rings (SSSR count). The topological polar surface area (TPSA) is 32.3 Å². The van der Waals surface area contributed by atoms with Crippen LogP contribution in [0.15, 0.2) is 0 Å². The number of aliphatic hydroxyl groups excluding tert-OH is 1. The second-order valence-corrected chi connectivity index (χ2v) is 4.77. The first-order valence-corrected chi connectivity index (χ1v) is 7.20. The lowest BCUT2D eigenvalue weighted by Gasteiger charge is -2.10. The van der Waals surface area contributed by atoms with Crippen molar-refractivity contribution in [2.24, 2.45) is 0 Å². The lowest BCUT2D eigenvalue weighted by molar-refractivity contribution is 0.158. The summed E-state index contributed by atoms with van der Waals surface area (Å²) < 4.78 is 0. The van der Waals surface area contributed by atoms with Gasteiger partial charge in [0.1, 0.15) is 0 Å². The standard InChI is InChI=1S/C14H31NO/c1-3-5-6-7-8-9-10-11-14(16)13-15-12-4-2/h14-16H,3-13H2,1-2H3. The number of rotatable bonds is 12. The molecule has 16 heavy (non-hydrogen) atoms. The number of hydrogen-bond acceptors (Lipinski definition) is 2. The van der Waals surface area contributed by atoms with E-state index in [1.165, 1.54) is 44.9 Å². The van der Waals surface area contributed by atoms with Crippen molar-refractivity contribution in [1.82, 2.24) is 5.32 Å². The Bertz CT molecular complexity index is 128. The number of hydrogen-bond donors (Lipinski definition) is 2. The van der Waals surface area contributed by atoms with Crippen LogP contribution in [0.5, 0.6) is 0 Å². The summed E-state index contributed by atoms with van der Waals surface area (Å²) in [4.78, 5) is 0. The highest BCUT2D eigenvalue weighted by Gasteiger charge is 2.02. The molecule has 0 bridgehead atoms. The highest BCUT2D eigenvalue weighted by atomic mass is 16.3. The second-order valence-electron chi connectivity index (χ2n) is 4.77. The van der Waals surface area contributed by atoms with Crippen molar-refractivity contribution >= 4 is 0 Å². The molecule has 0 saturated heterocycles. The Kier molecular flexibility index (Phi) is 12.9. The van der Waals surface area contributed by atoms with Gasteiger partial charge < -0.3 is 10.4 Å². The molecular formula is C14H31NO. The predicted molar refractivity (Wildman–Crippen MR) is 71.8 cm³/mol. The van der Waals surface area contributed by atoms with Gasteiger partial charge in [0.15, 0.2) is 0 Å². The summed E-state index contributed by atoms with van der Waals surface area (Å²) in [6.45, 7) is 6.19. The largest absolute Gasteiger partial charge is 0.392 e. The van der Waals surface area contributed by atoms with Gasteiger partial charge in [-0.2, -0.15) is 0 Å². The summed E-state index contributed by atoms with van der Waals surface area (Å²) in [7, 11) is 0. The maximum absolute atomic E-state index is 9.65. The maximum atomic E-state index is 9.65. The number of unbranched alkanes of at least 4 members (excludes halogenated alkanes) is 6. The molecule has 0 heterocycles. The SMILES string of the molecule is CCCCCCCCCC(O)CNCCC. The van der Waals surface area contributed by atoms with E-state index in [0.717, 1.165) is 25.9 Å². The average molecular weight is 229 g/mol. The van der Waals surface area contributed by atoms with Gasteiger partial charge in [-0.25, -0.2) is 0 Å². The van der Waals surface area contributed by atoms with E-state index in [1.807, 2.05) is 0 Å². The van der Waals surface area contributed by atoms with Crippen molar-refractivity contribution in [3.05, 3.63) is 0 Å². The monoisotopic (exact) mass is 229 g/mol. The van der Waals surface area contributed by atoms with Crippen LogP contribution < -0.4 is 5.32 Å². The van der Waals surface area contributed by atoms with E-state index in [2.05, 4.69) is 19.2 Å². The molecular weight excluding hydrogens is 198 g/mol. The van der Waals surface area contributed by atoms with Gasteiger partial charge in [0.2, 0.25) is 0 Å². The molecule has 0 amide bonds. The van der Waals surface area contributed by atoms with Crippen LogP contribution in [-0.4, -0.2) is 24.3 Å². The van der Waals surface area contributed by atoms with Crippen LogP contribution in [0.2, 0.25) is 0 Å². The molecule has 0 aromatic rings.